The normalized spacial score (nSPS) is 13.4. The zero-order valence-corrected chi connectivity index (χ0v) is 12.5. The Morgan fingerprint density at radius 1 is 1.53 bits per heavy atom. The summed E-state index contributed by atoms with van der Waals surface area (Å²) in [5, 5.41) is 2.74. The smallest absolute Gasteiger partial charge is 0.407 e. The molecule has 1 atom stereocenters. The first-order valence-electron chi connectivity index (χ1n) is 4.75. The van der Waals surface area contributed by atoms with Crippen molar-refractivity contribution in [2.24, 2.45) is 0 Å². The Bertz CT molecular complexity index is 196. The Hall–Kier alpha value is 0.310. The number of rotatable bonds is 5. The lowest BCUT2D eigenvalue weighted by molar-refractivity contribution is 0.0504. The molecule has 0 aromatic rings. The van der Waals surface area contributed by atoms with Crippen molar-refractivity contribution in [1.82, 2.24) is 5.32 Å². The van der Waals surface area contributed by atoms with Crippen molar-refractivity contribution >= 4 is 36.5 Å². The molecule has 0 rings (SSSR count). The van der Waals surface area contributed by atoms with Crippen molar-refractivity contribution in [3.63, 3.8) is 0 Å². The van der Waals surface area contributed by atoms with Gasteiger partial charge < -0.3 is 14.2 Å². The molecule has 0 aliphatic carbocycles. The number of amides is 1. The number of hydrogen-bond donors (Lipinski definition) is 1. The molecular weight excluding hydrogens is 329 g/mol. The largest absolute Gasteiger partial charge is 0.444 e. The highest BCUT2D eigenvalue weighted by atomic mass is 127. The minimum absolute atomic E-state index is 0.0587. The number of carbonyl (C=O) groups excluding carboxylic acids is 1. The quantitative estimate of drug-likeness (QED) is 0.471. The van der Waals surface area contributed by atoms with Gasteiger partial charge in [0.25, 0.3) is 0 Å². The van der Waals surface area contributed by atoms with E-state index in [2.05, 4.69) is 26.5 Å². The molecule has 0 aliphatic heterocycles. The molecule has 90 valence electrons. The summed E-state index contributed by atoms with van der Waals surface area (Å²) in [6.07, 6.45) is 0.395. The van der Waals surface area contributed by atoms with Crippen LogP contribution in [0.1, 0.15) is 34.1 Å². The van der Waals surface area contributed by atoms with Gasteiger partial charge in [0.05, 0.1) is 15.8 Å². The standard InChI is InChI=1S/C9H18INO3S/c1-7(5-6-13-15-10)11-8(12)14-9(2,3)4/h7H,5-6H2,1-4H3,(H,11,12). The molecule has 0 radical (unpaired) electrons. The third-order valence-electron chi connectivity index (χ3n) is 1.44. The first kappa shape index (κ1) is 15.3. The van der Waals surface area contributed by atoms with Gasteiger partial charge in [0.2, 0.25) is 0 Å². The number of alkyl carbamates (subject to hydrolysis) is 1. The lowest BCUT2D eigenvalue weighted by Crippen LogP contribution is -2.38. The summed E-state index contributed by atoms with van der Waals surface area (Å²) in [5.74, 6) is 0. The third kappa shape index (κ3) is 10.6. The van der Waals surface area contributed by atoms with Gasteiger partial charge in [-0.25, -0.2) is 4.79 Å². The van der Waals surface area contributed by atoms with E-state index >= 15 is 0 Å². The van der Waals surface area contributed by atoms with E-state index in [9.17, 15) is 4.79 Å². The van der Waals surface area contributed by atoms with Crippen LogP contribution in [0.5, 0.6) is 0 Å². The molecular formula is C9H18INO3S. The van der Waals surface area contributed by atoms with Crippen LogP contribution in [0.2, 0.25) is 0 Å². The minimum Gasteiger partial charge on any atom is -0.444 e. The second-order valence-electron chi connectivity index (χ2n) is 4.22. The van der Waals surface area contributed by atoms with E-state index in [0.717, 1.165) is 6.42 Å². The number of carbonyl (C=O) groups is 1. The molecule has 0 aromatic carbocycles. The van der Waals surface area contributed by atoms with Gasteiger partial charge in [0, 0.05) is 27.2 Å². The highest BCUT2D eigenvalue weighted by Crippen LogP contribution is 2.13. The fourth-order valence-electron chi connectivity index (χ4n) is 0.837. The summed E-state index contributed by atoms with van der Waals surface area (Å²) in [6, 6.07) is 0.0587. The van der Waals surface area contributed by atoms with Gasteiger partial charge in [-0.15, -0.1) is 0 Å². The van der Waals surface area contributed by atoms with Crippen LogP contribution in [0.4, 0.5) is 4.79 Å². The number of halogens is 1. The fourth-order valence-corrected chi connectivity index (χ4v) is 1.54. The maximum Gasteiger partial charge on any atom is 0.407 e. The van der Waals surface area contributed by atoms with Crippen molar-refractivity contribution in [2.75, 3.05) is 6.61 Å². The molecule has 0 fully saturated rings. The van der Waals surface area contributed by atoms with E-state index in [1.807, 2.05) is 27.7 Å². The van der Waals surface area contributed by atoms with Crippen molar-refractivity contribution in [2.45, 2.75) is 45.8 Å². The third-order valence-corrected chi connectivity index (χ3v) is 2.46. The molecule has 0 bridgehead atoms. The molecule has 1 unspecified atom stereocenters. The van der Waals surface area contributed by atoms with Crippen LogP contribution in [-0.4, -0.2) is 24.3 Å². The second-order valence-corrected chi connectivity index (χ2v) is 5.66. The maximum atomic E-state index is 11.3. The molecule has 6 heteroatoms. The SMILES string of the molecule is CC(CCOSI)NC(=O)OC(C)(C)C. The molecule has 1 amide bonds. The van der Waals surface area contributed by atoms with Crippen molar-refractivity contribution in [3.05, 3.63) is 0 Å². The number of nitrogens with one attached hydrogen (secondary N) is 1. The molecule has 0 heterocycles. The highest BCUT2D eigenvalue weighted by molar-refractivity contribution is 14.2. The Labute approximate surface area is 108 Å². The van der Waals surface area contributed by atoms with Crippen LogP contribution in [-0.2, 0) is 8.92 Å². The summed E-state index contributed by atoms with van der Waals surface area (Å²) < 4.78 is 10.2. The molecule has 15 heavy (non-hydrogen) atoms. The van der Waals surface area contributed by atoms with E-state index < -0.39 is 5.60 Å². The van der Waals surface area contributed by atoms with Gasteiger partial charge in [-0.1, -0.05) is 0 Å². The molecule has 0 saturated carbocycles. The van der Waals surface area contributed by atoms with Gasteiger partial charge in [-0.3, -0.25) is 0 Å². The second kappa shape index (κ2) is 7.56. The first-order chi connectivity index (χ1) is 6.85. The molecule has 0 spiro atoms. The summed E-state index contributed by atoms with van der Waals surface area (Å²) >= 11 is 2.06. The Morgan fingerprint density at radius 3 is 2.60 bits per heavy atom. The van der Waals surface area contributed by atoms with E-state index in [1.165, 1.54) is 9.21 Å². The summed E-state index contributed by atoms with van der Waals surface area (Å²) in [7, 11) is 1.30. The van der Waals surface area contributed by atoms with Gasteiger partial charge in [0.15, 0.2) is 0 Å². The van der Waals surface area contributed by atoms with Crippen LogP contribution >= 0.6 is 30.4 Å². The average Bonchev–Trinajstić information content (AvgIpc) is 2.00. The van der Waals surface area contributed by atoms with E-state index in [-0.39, 0.29) is 12.1 Å². The molecule has 4 nitrogen and oxygen atoms in total. The highest BCUT2D eigenvalue weighted by Gasteiger charge is 2.17. The van der Waals surface area contributed by atoms with Crippen LogP contribution in [0.15, 0.2) is 0 Å². The molecule has 1 N–H and O–H groups in total. The van der Waals surface area contributed by atoms with Crippen LogP contribution in [0, 0.1) is 0 Å². The average molecular weight is 347 g/mol. The van der Waals surface area contributed by atoms with Gasteiger partial charge in [-0.2, -0.15) is 0 Å². The van der Waals surface area contributed by atoms with Crippen molar-refractivity contribution in [3.8, 4) is 0 Å². The number of ether oxygens (including phenoxy) is 1. The zero-order chi connectivity index (χ0) is 11.9. The number of hydrogen-bond acceptors (Lipinski definition) is 4. The summed E-state index contributed by atoms with van der Waals surface area (Å²) in [6.45, 7) is 8.06. The Balaban J connectivity index is 3.67. The first-order valence-corrected chi connectivity index (χ1v) is 8.03. The van der Waals surface area contributed by atoms with Crippen LogP contribution < -0.4 is 5.32 Å². The lowest BCUT2D eigenvalue weighted by atomic mass is 10.2. The lowest BCUT2D eigenvalue weighted by Gasteiger charge is -2.21. The van der Waals surface area contributed by atoms with Crippen LogP contribution in [0.25, 0.3) is 0 Å². The van der Waals surface area contributed by atoms with Crippen LogP contribution in [0.3, 0.4) is 0 Å². The van der Waals surface area contributed by atoms with Gasteiger partial charge in [-0.05, 0) is 34.1 Å². The Kier molecular flexibility index (Phi) is 7.72. The van der Waals surface area contributed by atoms with Gasteiger partial charge >= 0.3 is 6.09 Å². The minimum atomic E-state index is -0.446. The monoisotopic (exact) mass is 347 g/mol. The van der Waals surface area contributed by atoms with Gasteiger partial charge in [0.1, 0.15) is 5.60 Å². The maximum absolute atomic E-state index is 11.3. The predicted molar refractivity (Wildman–Crippen MR) is 71.0 cm³/mol. The topological polar surface area (TPSA) is 47.6 Å². The van der Waals surface area contributed by atoms with E-state index in [4.69, 9.17) is 8.92 Å². The summed E-state index contributed by atoms with van der Waals surface area (Å²) in [4.78, 5) is 11.3. The Morgan fingerprint density at radius 2 is 2.13 bits per heavy atom. The van der Waals surface area contributed by atoms with Crippen molar-refractivity contribution < 1.29 is 13.7 Å². The molecule has 0 aromatic heterocycles. The predicted octanol–water partition coefficient (Wildman–Crippen LogP) is 3.30. The zero-order valence-electron chi connectivity index (χ0n) is 9.50. The van der Waals surface area contributed by atoms with E-state index in [1.54, 1.807) is 0 Å². The van der Waals surface area contributed by atoms with Crippen molar-refractivity contribution in [1.29, 1.82) is 0 Å². The fraction of sp³-hybridized carbons (Fsp3) is 0.889. The molecule has 0 saturated heterocycles. The van der Waals surface area contributed by atoms with E-state index in [0.29, 0.717) is 6.61 Å². The summed E-state index contributed by atoms with van der Waals surface area (Å²) in [5.41, 5.74) is -0.446. The molecule has 0 aliphatic rings.